The van der Waals surface area contributed by atoms with Crippen molar-refractivity contribution in [3.8, 4) is 0 Å². The van der Waals surface area contributed by atoms with Gasteiger partial charge in [-0.3, -0.25) is 14.5 Å². The minimum Gasteiger partial charge on any atom is -0.507 e. The van der Waals surface area contributed by atoms with Crippen molar-refractivity contribution in [2.75, 3.05) is 11.5 Å². The predicted octanol–water partition coefficient (Wildman–Crippen LogP) is 5.22. The Labute approximate surface area is 205 Å². The van der Waals surface area contributed by atoms with E-state index in [1.807, 2.05) is 19.1 Å². The predicted molar refractivity (Wildman–Crippen MR) is 130 cm³/mol. The molecule has 0 saturated carbocycles. The van der Waals surface area contributed by atoms with E-state index < -0.39 is 23.7 Å². The van der Waals surface area contributed by atoms with Gasteiger partial charge in [-0.2, -0.15) is 0 Å². The quantitative estimate of drug-likeness (QED) is 0.225. The molecule has 1 saturated heterocycles. The normalized spacial score (nSPS) is 17.3. The lowest BCUT2D eigenvalue weighted by molar-refractivity contribution is -0.132. The molecule has 7 nitrogen and oxygen atoms in total. The molecule has 9 heteroatoms. The van der Waals surface area contributed by atoms with E-state index in [9.17, 15) is 19.5 Å². The Hall–Kier alpha value is -3.49. The topological polar surface area (TPSA) is 96.8 Å². The number of amides is 1. The molecule has 1 fully saturated rings. The number of anilines is 1. The molecule has 2 aromatic carbocycles. The van der Waals surface area contributed by atoms with E-state index in [4.69, 9.17) is 16.3 Å². The second-order valence-corrected chi connectivity index (χ2v) is 9.13. The lowest BCUT2D eigenvalue weighted by atomic mass is 9.95. The molecule has 1 N–H and O–H groups in total. The van der Waals surface area contributed by atoms with Gasteiger partial charge in [-0.25, -0.2) is 9.78 Å². The number of Topliss-reactive ketones (excluding diaryl/α,β-unsaturated/α-hetero) is 1. The first-order valence-electron chi connectivity index (χ1n) is 10.5. The van der Waals surface area contributed by atoms with Gasteiger partial charge in [0.1, 0.15) is 10.6 Å². The minimum absolute atomic E-state index is 0.0679. The minimum atomic E-state index is -0.933. The van der Waals surface area contributed by atoms with Gasteiger partial charge < -0.3 is 9.84 Å². The average Bonchev–Trinajstić information content (AvgIpc) is 3.31. The molecule has 1 aliphatic heterocycles. The summed E-state index contributed by atoms with van der Waals surface area (Å²) in [6, 6.07) is 12.7. The summed E-state index contributed by atoms with van der Waals surface area (Å²) in [5.74, 6) is -2.55. The molecule has 1 aliphatic rings. The number of aromatic nitrogens is 1. The van der Waals surface area contributed by atoms with Crippen molar-refractivity contribution < 1.29 is 24.2 Å². The molecule has 2 heterocycles. The highest BCUT2D eigenvalue weighted by Gasteiger charge is 2.48. The highest BCUT2D eigenvalue weighted by molar-refractivity contribution is 7.17. The SMILES string of the molecule is CCOC(=O)c1sc(N2C(=O)C(=O)/C(=C(/O)c3ccc(Cl)cc3)C2c2ccc(C)cc2)nc1C. The summed E-state index contributed by atoms with van der Waals surface area (Å²) in [5, 5.41) is 11.8. The van der Waals surface area contributed by atoms with Gasteiger partial charge in [0.15, 0.2) is 5.13 Å². The maximum atomic E-state index is 13.2. The highest BCUT2D eigenvalue weighted by Crippen LogP contribution is 2.44. The van der Waals surface area contributed by atoms with Crippen molar-refractivity contribution in [1.29, 1.82) is 0 Å². The van der Waals surface area contributed by atoms with Crippen LogP contribution in [0.15, 0.2) is 54.1 Å². The first-order chi connectivity index (χ1) is 16.2. The van der Waals surface area contributed by atoms with E-state index >= 15 is 0 Å². The highest BCUT2D eigenvalue weighted by atomic mass is 35.5. The number of ether oxygens (including phenoxy) is 1. The summed E-state index contributed by atoms with van der Waals surface area (Å²) in [7, 11) is 0. The number of aryl methyl sites for hydroxylation is 2. The van der Waals surface area contributed by atoms with Crippen LogP contribution in [0.4, 0.5) is 5.13 Å². The number of benzene rings is 2. The third-order valence-electron chi connectivity index (χ3n) is 5.41. The molecule has 0 spiro atoms. The molecular formula is C25H21ClN2O5S. The van der Waals surface area contributed by atoms with Crippen LogP contribution in [0.5, 0.6) is 0 Å². The third kappa shape index (κ3) is 4.22. The lowest BCUT2D eigenvalue weighted by Gasteiger charge is -2.23. The number of halogens is 1. The van der Waals surface area contributed by atoms with Crippen LogP contribution >= 0.6 is 22.9 Å². The number of aliphatic hydroxyl groups is 1. The molecule has 4 rings (SSSR count). The number of esters is 1. The number of rotatable bonds is 5. The molecule has 1 aromatic heterocycles. The van der Waals surface area contributed by atoms with Gasteiger partial charge >= 0.3 is 11.9 Å². The van der Waals surface area contributed by atoms with E-state index in [0.29, 0.717) is 21.8 Å². The van der Waals surface area contributed by atoms with Crippen molar-refractivity contribution in [3.05, 3.63) is 86.4 Å². The molecule has 1 amide bonds. The fourth-order valence-corrected chi connectivity index (χ4v) is 4.84. The number of nitrogens with zero attached hydrogens (tertiary/aromatic N) is 2. The Balaban J connectivity index is 1.90. The van der Waals surface area contributed by atoms with Crippen LogP contribution in [0.3, 0.4) is 0 Å². The molecule has 174 valence electrons. The molecular weight excluding hydrogens is 476 g/mol. The van der Waals surface area contributed by atoms with Crippen molar-refractivity contribution >= 4 is 51.5 Å². The second-order valence-electron chi connectivity index (χ2n) is 7.72. The molecule has 0 radical (unpaired) electrons. The number of carbonyl (C=O) groups excluding carboxylic acids is 3. The average molecular weight is 497 g/mol. The monoisotopic (exact) mass is 496 g/mol. The van der Waals surface area contributed by atoms with Crippen LogP contribution in [0.1, 0.15) is 45.0 Å². The van der Waals surface area contributed by atoms with E-state index in [2.05, 4.69) is 4.98 Å². The van der Waals surface area contributed by atoms with Crippen LogP contribution in [-0.2, 0) is 14.3 Å². The summed E-state index contributed by atoms with van der Waals surface area (Å²) in [4.78, 5) is 44.6. The van der Waals surface area contributed by atoms with Crippen LogP contribution in [0.2, 0.25) is 5.02 Å². The third-order valence-corrected chi connectivity index (χ3v) is 6.80. The smallest absolute Gasteiger partial charge is 0.350 e. The summed E-state index contributed by atoms with van der Waals surface area (Å²) in [5.41, 5.74) is 2.28. The van der Waals surface area contributed by atoms with Gasteiger partial charge in [-0.1, -0.05) is 52.8 Å². The lowest BCUT2D eigenvalue weighted by Crippen LogP contribution is -2.29. The zero-order valence-electron chi connectivity index (χ0n) is 18.7. The Bertz CT molecular complexity index is 1310. The first kappa shape index (κ1) is 23.7. The fourth-order valence-electron chi connectivity index (χ4n) is 3.73. The number of aliphatic hydroxyl groups excluding tert-OH is 1. The number of thiazole rings is 1. The maximum Gasteiger partial charge on any atom is 0.350 e. The number of ketones is 1. The summed E-state index contributed by atoms with van der Waals surface area (Å²) < 4.78 is 5.09. The number of carbonyl (C=O) groups is 3. The Morgan fingerprint density at radius 2 is 1.76 bits per heavy atom. The number of hydrogen-bond donors (Lipinski definition) is 1. The zero-order valence-corrected chi connectivity index (χ0v) is 20.2. The van der Waals surface area contributed by atoms with Gasteiger partial charge in [0.2, 0.25) is 0 Å². The van der Waals surface area contributed by atoms with Crippen LogP contribution in [-0.4, -0.2) is 34.4 Å². The number of hydrogen-bond acceptors (Lipinski definition) is 7. The molecule has 34 heavy (non-hydrogen) atoms. The summed E-state index contributed by atoms with van der Waals surface area (Å²) in [6.45, 7) is 5.45. The summed E-state index contributed by atoms with van der Waals surface area (Å²) in [6.07, 6.45) is 0. The Morgan fingerprint density at radius 1 is 1.12 bits per heavy atom. The summed E-state index contributed by atoms with van der Waals surface area (Å²) >= 11 is 6.93. The molecule has 0 aliphatic carbocycles. The van der Waals surface area contributed by atoms with Crippen molar-refractivity contribution in [2.24, 2.45) is 0 Å². The largest absolute Gasteiger partial charge is 0.507 e. The zero-order chi connectivity index (χ0) is 24.6. The van der Waals surface area contributed by atoms with Crippen molar-refractivity contribution in [3.63, 3.8) is 0 Å². The maximum absolute atomic E-state index is 13.2. The molecule has 3 aromatic rings. The molecule has 1 atom stereocenters. The Morgan fingerprint density at radius 3 is 2.38 bits per heavy atom. The van der Waals surface area contributed by atoms with Crippen LogP contribution < -0.4 is 4.90 Å². The fraction of sp³-hybridized carbons (Fsp3) is 0.200. The van der Waals surface area contributed by atoms with Gasteiger partial charge in [-0.15, -0.1) is 0 Å². The van der Waals surface area contributed by atoms with E-state index in [1.165, 1.54) is 4.90 Å². The van der Waals surface area contributed by atoms with E-state index in [0.717, 1.165) is 16.9 Å². The van der Waals surface area contributed by atoms with Crippen molar-refractivity contribution in [2.45, 2.75) is 26.8 Å². The standard InChI is InChI=1S/C25H21ClN2O5S/c1-4-33-24(32)22-14(3)27-25(34-22)28-19(15-7-5-13(2)6-8-15)18(21(30)23(28)31)20(29)16-9-11-17(26)12-10-16/h5-12,19,29H,4H2,1-3H3/b20-18+. The van der Waals surface area contributed by atoms with Gasteiger partial charge in [0, 0.05) is 10.6 Å². The van der Waals surface area contributed by atoms with Crippen LogP contribution in [0, 0.1) is 13.8 Å². The van der Waals surface area contributed by atoms with Gasteiger partial charge in [0.05, 0.1) is 23.9 Å². The second kappa shape index (κ2) is 9.40. The first-order valence-corrected chi connectivity index (χ1v) is 11.7. The van der Waals surface area contributed by atoms with Gasteiger partial charge in [0.25, 0.3) is 5.78 Å². The Kier molecular flexibility index (Phi) is 6.54. The molecule has 1 unspecified atom stereocenters. The van der Waals surface area contributed by atoms with E-state index in [-0.39, 0.29) is 27.9 Å². The van der Waals surface area contributed by atoms with Crippen molar-refractivity contribution in [1.82, 2.24) is 4.98 Å². The van der Waals surface area contributed by atoms with Crippen LogP contribution in [0.25, 0.3) is 5.76 Å². The van der Waals surface area contributed by atoms with Gasteiger partial charge in [-0.05, 0) is 50.6 Å². The van der Waals surface area contributed by atoms with E-state index in [1.54, 1.807) is 50.2 Å². The molecule has 0 bridgehead atoms.